The van der Waals surface area contributed by atoms with E-state index < -0.39 is 0 Å². The normalized spacial score (nSPS) is 10.7. The highest BCUT2D eigenvalue weighted by Gasteiger charge is 2.07. The maximum Gasteiger partial charge on any atom is 0.248 e. The molecule has 8 heteroatoms. The fraction of sp³-hybridized carbons (Fsp3) is 0.192. The van der Waals surface area contributed by atoms with E-state index in [0.29, 0.717) is 29.7 Å². The van der Waals surface area contributed by atoms with Gasteiger partial charge in [-0.1, -0.05) is 24.1 Å². The third kappa shape index (κ3) is 7.65. The van der Waals surface area contributed by atoms with Crippen molar-refractivity contribution in [3.8, 4) is 18.1 Å². The van der Waals surface area contributed by atoms with E-state index >= 15 is 0 Å². The summed E-state index contributed by atoms with van der Waals surface area (Å²) < 4.78 is 5.46. The summed E-state index contributed by atoms with van der Waals surface area (Å²) in [5, 5.41) is 9.34. The van der Waals surface area contributed by atoms with Crippen LogP contribution in [0.2, 0.25) is 0 Å². The number of aromatic nitrogens is 2. The minimum atomic E-state index is -0.183. The molecule has 3 rings (SSSR count). The van der Waals surface area contributed by atoms with Gasteiger partial charge in [-0.15, -0.1) is 6.42 Å². The van der Waals surface area contributed by atoms with Crippen LogP contribution in [0, 0.1) is 19.3 Å². The van der Waals surface area contributed by atoms with Crippen LogP contribution in [0.5, 0.6) is 5.75 Å². The van der Waals surface area contributed by atoms with Crippen molar-refractivity contribution in [1.29, 1.82) is 0 Å². The maximum atomic E-state index is 12.1. The molecule has 2 aromatic carbocycles. The fourth-order valence-electron chi connectivity index (χ4n) is 2.91. The number of amides is 1. The Morgan fingerprint density at radius 2 is 1.85 bits per heavy atom. The smallest absolute Gasteiger partial charge is 0.248 e. The summed E-state index contributed by atoms with van der Waals surface area (Å²) in [7, 11) is 3.89. The topological polar surface area (TPSA) is 91.4 Å². The van der Waals surface area contributed by atoms with Gasteiger partial charge in [0.05, 0.1) is 0 Å². The fourth-order valence-corrected chi connectivity index (χ4v) is 2.91. The van der Waals surface area contributed by atoms with Gasteiger partial charge in [0.1, 0.15) is 18.2 Å². The third-order valence-electron chi connectivity index (χ3n) is 4.52. The molecular formula is C26H28N6O2. The zero-order valence-electron chi connectivity index (χ0n) is 19.5. The Kier molecular flexibility index (Phi) is 8.60. The van der Waals surface area contributed by atoms with E-state index in [1.807, 2.05) is 80.5 Å². The summed E-state index contributed by atoms with van der Waals surface area (Å²) in [6.07, 6.45) is 10.3. The summed E-state index contributed by atoms with van der Waals surface area (Å²) >= 11 is 0. The Hall–Kier alpha value is -4.35. The molecule has 8 nitrogen and oxygen atoms in total. The molecule has 0 aliphatic rings. The number of benzene rings is 2. The lowest BCUT2D eigenvalue weighted by molar-refractivity contribution is -0.111. The monoisotopic (exact) mass is 456 g/mol. The standard InChI is InChI=1S/C26H28N6O2/c1-5-15-34-23-12-7-11-22(17-23)30-26-27-18-19(2)25(31-26)29-21-10-6-9-20(16-21)28-24(33)13-8-14-32(3)4/h1,6-13,16-18H,14-15H2,2-4H3,(H,28,33)(H2,27,29,30,31). The van der Waals surface area contributed by atoms with Gasteiger partial charge in [0, 0.05) is 47.5 Å². The first-order chi connectivity index (χ1) is 16.4. The SMILES string of the molecule is C#CCOc1cccc(Nc2ncc(C)c(Nc3cccc(NC(=O)C=CCN(C)C)c3)n2)c1. The molecule has 1 heterocycles. The van der Waals surface area contributed by atoms with E-state index in [1.165, 1.54) is 6.08 Å². The van der Waals surface area contributed by atoms with Gasteiger partial charge < -0.3 is 25.6 Å². The quantitative estimate of drug-likeness (QED) is 0.309. The molecule has 174 valence electrons. The molecule has 0 fully saturated rings. The number of anilines is 5. The summed E-state index contributed by atoms with van der Waals surface area (Å²) in [5.74, 6) is 3.99. The van der Waals surface area contributed by atoms with Crippen LogP contribution < -0.4 is 20.7 Å². The van der Waals surface area contributed by atoms with E-state index in [4.69, 9.17) is 11.2 Å². The van der Waals surface area contributed by atoms with Crippen molar-refractivity contribution in [3.05, 3.63) is 72.4 Å². The third-order valence-corrected chi connectivity index (χ3v) is 4.52. The van der Waals surface area contributed by atoms with Crippen LogP contribution in [0.4, 0.5) is 28.8 Å². The Morgan fingerprint density at radius 3 is 2.62 bits per heavy atom. The lowest BCUT2D eigenvalue weighted by Gasteiger charge is -2.12. The van der Waals surface area contributed by atoms with Crippen LogP contribution in [-0.4, -0.2) is 48.0 Å². The predicted octanol–water partition coefficient (Wildman–Crippen LogP) is 4.34. The van der Waals surface area contributed by atoms with Crippen molar-refractivity contribution in [2.75, 3.05) is 43.2 Å². The molecular weight excluding hydrogens is 428 g/mol. The van der Waals surface area contributed by atoms with Crippen LogP contribution in [0.15, 0.2) is 66.9 Å². The second-order valence-electron chi connectivity index (χ2n) is 7.73. The van der Waals surface area contributed by atoms with Crippen LogP contribution in [0.25, 0.3) is 0 Å². The van der Waals surface area contributed by atoms with Gasteiger partial charge in [-0.2, -0.15) is 4.98 Å². The largest absolute Gasteiger partial charge is 0.481 e. The molecule has 0 saturated carbocycles. The number of nitrogens with zero attached hydrogens (tertiary/aromatic N) is 3. The second kappa shape index (κ2) is 12.0. The summed E-state index contributed by atoms with van der Waals surface area (Å²) in [6, 6.07) is 14.8. The zero-order chi connectivity index (χ0) is 24.3. The van der Waals surface area contributed by atoms with Crippen LogP contribution in [-0.2, 0) is 4.79 Å². The van der Waals surface area contributed by atoms with Crippen LogP contribution in [0.3, 0.4) is 0 Å². The number of aryl methyl sites for hydroxylation is 1. The lowest BCUT2D eigenvalue weighted by Crippen LogP contribution is -2.13. The number of hydrogen-bond acceptors (Lipinski definition) is 7. The van der Waals surface area contributed by atoms with Crippen molar-refractivity contribution in [2.24, 2.45) is 0 Å². The Morgan fingerprint density at radius 1 is 1.12 bits per heavy atom. The van der Waals surface area contributed by atoms with Gasteiger partial charge in [0.25, 0.3) is 0 Å². The van der Waals surface area contributed by atoms with Gasteiger partial charge >= 0.3 is 0 Å². The first kappa shape index (κ1) is 24.3. The summed E-state index contributed by atoms with van der Waals surface area (Å²) in [4.78, 5) is 23.1. The van der Waals surface area contributed by atoms with E-state index in [1.54, 1.807) is 6.20 Å². The number of ether oxygens (including phenoxy) is 1. The number of terminal acetylenes is 1. The van der Waals surface area contributed by atoms with E-state index in [0.717, 1.165) is 16.9 Å². The number of likely N-dealkylation sites (N-methyl/N-ethyl adjacent to an activating group) is 1. The van der Waals surface area contributed by atoms with Crippen molar-refractivity contribution in [3.63, 3.8) is 0 Å². The Bertz CT molecular complexity index is 1200. The summed E-state index contributed by atoms with van der Waals surface area (Å²) in [6.45, 7) is 2.81. The highest BCUT2D eigenvalue weighted by atomic mass is 16.5. The van der Waals surface area contributed by atoms with Crippen LogP contribution >= 0.6 is 0 Å². The summed E-state index contributed by atoms with van der Waals surface area (Å²) in [5.41, 5.74) is 3.11. The van der Waals surface area contributed by atoms with Crippen LogP contribution in [0.1, 0.15) is 5.56 Å². The minimum absolute atomic E-state index is 0.183. The molecule has 1 amide bonds. The van der Waals surface area contributed by atoms with Gasteiger partial charge in [-0.25, -0.2) is 4.98 Å². The van der Waals surface area contributed by atoms with Crippen molar-refractivity contribution >= 4 is 34.7 Å². The predicted molar refractivity (Wildman–Crippen MR) is 137 cm³/mol. The number of nitrogens with one attached hydrogen (secondary N) is 3. The Labute approximate surface area is 200 Å². The molecule has 1 aromatic heterocycles. The van der Waals surface area contributed by atoms with Crippen molar-refractivity contribution in [1.82, 2.24) is 14.9 Å². The van der Waals surface area contributed by atoms with Gasteiger partial charge in [-0.05, 0) is 51.4 Å². The molecule has 0 aliphatic heterocycles. The number of carbonyl (C=O) groups is 1. The molecule has 3 N–H and O–H groups in total. The molecule has 0 atom stereocenters. The zero-order valence-corrected chi connectivity index (χ0v) is 19.5. The molecule has 0 radical (unpaired) electrons. The highest BCUT2D eigenvalue weighted by molar-refractivity contribution is 5.99. The van der Waals surface area contributed by atoms with Crippen molar-refractivity contribution < 1.29 is 9.53 Å². The first-order valence-corrected chi connectivity index (χ1v) is 10.7. The van der Waals surface area contributed by atoms with E-state index in [2.05, 4.69) is 31.8 Å². The van der Waals surface area contributed by atoms with E-state index in [-0.39, 0.29) is 12.5 Å². The van der Waals surface area contributed by atoms with Crippen molar-refractivity contribution in [2.45, 2.75) is 6.92 Å². The second-order valence-corrected chi connectivity index (χ2v) is 7.73. The van der Waals surface area contributed by atoms with Gasteiger partial charge in [-0.3, -0.25) is 4.79 Å². The van der Waals surface area contributed by atoms with E-state index in [9.17, 15) is 4.79 Å². The lowest BCUT2D eigenvalue weighted by atomic mass is 10.2. The number of carbonyl (C=O) groups excluding carboxylic acids is 1. The van der Waals surface area contributed by atoms with Gasteiger partial charge in [0.15, 0.2) is 0 Å². The molecule has 0 unspecified atom stereocenters. The highest BCUT2D eigenvalue weighted by Crippen LogP contribution is 2.24. The average Bonchev–Trinajstić information content (AvgIpc) is 2.80. The Balaban J connectivity index is 1.69. The molecule has 3 aromatic rings. The molecule has 0 saturated heterocycles. The molecule has 34 heavy (non-hydrogen) atoms. The molecule has 0 aliphatic carbocycles. The number of rotatable bonds is 10. The average molecular weight is 457 g/mol. The number of hydrogen-bond donors (Lipinski definition) is 3. The maximum absolute atomic E-state index is 12.1. The first-order valence-electron chi connectivity index (χ1n) is 10.7. The minimum Gasteiger partial charge on any atom is -0.481 e. The van der Waals surface area contributed by atoms with Gasteiger partial charge in [0.2, 0.25) is 11.9 Å². The molecule has 0 bridgehead atoms. The molecule has 0 spiro atoms.